The molecule has 6 heteroatoms. The molecule has 3 atom stereocenters. The molecule has 172 valence electrons. The van der Waals surface area contributed by atoms with Crippen LogP contribution in [0.3, 0.4) is 0 Å². The van der Waals surface area contributed by atoms with Crippen LogP contribution in [-0.2, 0) is 4.74 Å². The summed E-state index contributed by atoms with van der Waals surface area (Å²) in [6.07, 6.45) is 3.18. The number of fused-ring (bicyclic) bond motifs is 2. The summed E-state index contributed by atoms with van der Waals surface area (Å²) in [5.74, 6) is 0.605. The number of ether oxygens (including phenoxy) is 1. The lowest BCUT2D eigenvalue weighted by atomic mass is 10.1. The lowest BCUT2D eigenvalue weighted by Crippen LogP contribution is -2.44. The third kappa shape index (κ3) is 4.45. The maximum Gasteiger partial charge on any atom is 0.227 e. The number of piperazine rings is 1. The van der Waals surface area contributed by atoms with Gasteiger partial charge in [-0.25, -0.2) is 9.97 Å². The Bertz CT molecular complexity index is 1110. The maximum atomic E-state index is 5.69. The Morgan fingerprint density at radius 3 is 2.58 bits per heavy atom. The van der Waals surface area contributed by atoms with E-state index in [1.165, 1.54) is 23.2 Å². The van der Waals surface area contributed by atoms with Gasteiger partial charge in [0.1, 0.15) is 0 Å². The summed E-state index contributed by atoms with van der Waals surface area (Å²) in [7, 11) is 2.24. The molecular weight excluding hydrogens is 410 g/mol. The van der Waals surface area contributed by atoms with Crippen molar-refractivity contribution >= 4 is 17.3 Å². The van der Waals surface area contributed by atoms with Crippen LogP contribution in [0.1, 0.15) is 37.5 Å². The Kier molecular flexibility index (Phi) is 6.04. The number of benzene rings is 2. The van der Waals surface area contributed by atoms with Gasteiger partial charge < -0.3 is 15.0 Å². The van der Waals surface area contributed by atoms with Crippen molar-refractivity contribution in [3.8, 4) is 11.3 Å². The Labute approximate surface area is 196 Å². The van der Waals surface area contributed by atoms with Crippen LogP contribution in [0, 0.1) is 6.92 Å². The minimum Gasteiger partial charge on any atom is -0.374 e. The second-order valence-electron chi connectivity index (χ2n) is 9.25. The van der Waals surface area contributed by atoms with Gasteiger partial charge >= 0.3 is 0 Å². The van der Waals surface area contributed by atoms with E-state index in [1.807, 2.05) is 13.0 Å². The number of hydrogen-bond donors (Lipinski definition) is 1. The molecule has 0 radical (unpaired) electrons. The van der Waals surface area contributed by atoms with Gasteiger partial charge in [-0.05, 0) is 69.6 Å². The molecule has 2 aliphatic rings. The van der Waals surface area contributed by atoms with Gasteiger partial charge in [-0.3, -0.25) is 4.90 Å². The van der Waals surface area contributed by atoms with Gasteiger partial charge in [-0.15, -0.1) is 0 Å². The topological polar surface area (TPSA) is 53.5 Å². The van der Waals surface area contributed by atoms with Crippen molar-refractivity contribution in [2.75, 3.05) is 37.0 Å². The molecule has 0 saturated carbocycles. The first kappa shape index (κ1) is 21.9. The van der Waals surface area contributed by atoms with Crippen LogP contribution in [0.25, 0.3) is 11.3 Å². The molecule has 2 bridgehead atoms. The fraction of sp³-hybridized carbons (Fsp3) is 0.407. The Hall–Kier alpha value is -2.96. The first-order valence-electron chi connectivity index (χ1n) is 11.9. The summed E-state index contributed by atoms with van der Waals surface area (Å²) in [6, 6.07) is 18.3. The van der Waals surface area contributed by atoms with Crippen LogP contribution < -0.4 is 10.2 Å². The molecule has 2 aliphatic heterocycles. The van der Waals surface area contributed by atoms with E-state index in [4.69, 9.17) is 9.72 Å². The zero-order chi connectivity index (χ0) is 22.9. The van der Waals surface area contributed by atoms with Gasteiger partial charge in [0.2, 0.25) is 5.95 Å². The lowest BCUT2D eigenvalue weighted by Gasteiger charge is -2.34. The van der Waals surface area contributed by atoms with Crippen molar-refractivity contribution in [2.24, 2.45) is 0 Å². The summed E-state index contributed by atoms with van der Waals surface area (Å²) < 4.78 is 5.69. The monoisotopic (exact) mass is 443 g/mol. The molecule has 5 rings (SSSR count). The van der Waals surface area contributed by atoms with E-state index in [0.717, 1.165) is 30.0 Å². The average molecular weight is 444 g/mol. The Morgan fingerprint density at radius 2 is 1.91 bits per heavy atom. The van der Waals surface area contributed by atoms with E-state index in [0.29, 0.717) is 24.6 Å². The molecule has 33 heavy (non-hydrogen) atoms. The predicted octanol–water partition coefficient (Wildman–Crippen LogP) is 5.19. The Morgan fingerprint density at radius 1 is 1.09 bits per heavy atom. The third-order valence-corrected chi connectivity index (χ3v) is 7.02. The quantitative estimate of drug-likeness (QED) is 0.543. The number of nitrogens with one attached hydrogen (secondary N) is 1. The molecule has 1 N–H and O–H groups in total. The number of aromatic nitrogens is 2. The first-order valence-corrected chi connectivity index (χ1v) is 11.9. The Balaban J connectivity index is 1.29. The summed E-state index contributed by atoms with van der Waals surface area (Å²) in [5.41, 5.74) is 6.77. The highest BCUT2D eigenvalue weighted by molar-refractivity contribution is 5.66. The number of hydrogen-bond acceptors (Lipinski definition) is 6. The highest BCUT2D eigenvalue weighted by Crippen LogP contribution is 2.36. The number of anilines is 3. The maximum absolute atomic E-state index is 5.69. The molecule has 0 aliphatic carbocycles. The minimum atomic E-state index is 0.0922. The smallest absolute Gasteiger partial charge is 0.227 e. The van der Waals surface area contributed by atoms with Crippen LogP contribution in [0.15, 0.2) is 54.7 Å². The van der Waals surface area contributed by atoms with E-state index < -0.39 is 0 Å². The number of likely N-dealkylation sites (N-methyl/N-ethyl adjacent to an activating group) is 1. The lowest BCUT2D eigenvalue weighted by molar-refractivity contribution is 0.0764. The van der Waals surface area contributed by atoms with Gasteiger partial charge in [-0.1, -0.05) is 24.3 Å². The van der Waals surface area contributed by atoms with Crippen molar-refractivity contribution in [1.82, 2.24) is 14.9 Å². The van der Waals surface area contributed by atoms with Crippen LogP contribution in [0.2, 0.25) is 0 Å². The largest absolute Gasteiger partial charge is 0.374 e. The number of aryl methyl sites for hydroxylation is 1. The number of likely N-dealkylation sites (tertiary alicyclic amines) is 1. The normalized spacial score (nSPS) is 20.9. The molecule has 6 nitrogen and oxygen atoms in total. The van der Waals surface area contributed by atoms with Crippen LogP contribution in [0.5, 0.6) is 0 Å². The third-order valence-electron chi connectivity index (χ3n) is 7.02. The van der Waals surface area contributed by atoms with Crippen molar-refractivity contribution in [3.63, 3.8) is 0 Å². The highest BCUT2D eigenvalue weighted by atomic mass is 16.5. The molecule has 0 spiro atoms. The second-order valence-corrected chi connectivity index (χ2v) is 9.25. The number of nitrogens with zero attached hydrogens (tertiary/aromatic N) is 4. The number of rotatable bonds is 7. The zero-order valence-corrected chi connectivity index (χ0v) is 20.0. The molecule has 3 heterocycles. The van der Waals surface area contributed by atoms with E-state index in [2.05, 4.69) is 83.5 Å². The molecule has 2 saturated heterocycles. The fourth-order valence-corrected chi connectivity index (χ4v) is 5.20. The fourth-order valence-electron chi connectivity index (χ4n) is 5.20. The van der Waals surface area contributed by atoms with Crippen LogP contribution in [-0.4, -0.2) is 53.7 Å². The summed E-state index contributed by atoms with van der Waals surface area (Å²) in [4.78, 5) is 14.3. The highest BCUT2D eigenvalue weighted by Gasteiger charge is 2.41. The predicted molar refractivity (Wildman–Crippen MR) is 134 cm³/mol. The van der Waals surface area contributed by atoms with Gasteiger partial charge in [0.15, 0.2) is 0 Å². The van der Waals surface area contributed by atoms with E-state index >= 15 is 0 Å². The van der Waals surface area contributed by atoms with Crippen LogP contribution in [0.4, 0.5) is 17.3 Å². The summed E-state index contributed by atoms with van der Waals surface area (Å²) in [5, 5.41) is 3.39. The molecule has 3 aromatic rings. The van der Waals surface area contributed by atoms with E-state index in [1.54, 1.807) is 6.20 Å². The van der Waals surface area contributed by atoms with Crippen molar-refractivity contribution in [3.05, 3.63) is 65.9 Å². The van der Waals surface area contributed by atoms with Crippen molar-refractivity contribution in [1.29, 1.82) is 0 Å². The molecule has 1 aromatic heterocycles. The van der Waals surface area contributed by atoms with Gasteiger partial charge in [0, 0.05) is 54.9 Å². The molecule has 2 fully saturated rings. The van der Waals surface area contributed by atoms with Crippen molar-refractivity contribution < 1.29 is 4.74 Å². The van der Waals surface area contributed by atoms with Gasteiger partial charge in [0.05, 0.1) is 11.8 Å². The molecule has 0 amide bonds. The first-order chi connectivity index (χ1) is 16.0. The average Bonchev–Trinajstić information content (AvgIpc) is 3.39. The minimum absolute atomic E-state index is 0.0922. The van der Waals surface area contributed by atoms with Crippen molar-refractivity contribution in [2.45, 2.75) is 45.4 Å². The standard InChI is InChI=1S/C27H33N5O/c1-5-33-19(3)20-6-8-21(9-7-20)25-12-13-28-27(30-25)29-22-10-11-26(18(2)14-22)32-17-23-15-24(32)16-31(23)4/h6-14,19,23-24H,5,15-17H2,1-4H3,(H,28,29,30). The van der Waals surface area contributed by atoms with E-state index in [-0.39, 0.29) is 6.10 Å². The van der Waals surface area contributed by atoms with Gasteiger partial charge in [0.25, 0.3) is 0 Å². The molecule has 2 aromatic carbocycles. The zero-order valence-electron chi connectivity index (χ0n) is 20.0. The van der Waals surface area contributed by atoms with E-state index in [9.17, 15) is 0 Å². The SMILES string of the molecule is CCOC(C)c1ccc(-c2ccnc(Nc3ccc(N4CC5CC4CN5C)c(C)c3)n2)cc1. The second kappa shape index (κ2) is 9.12. The molecule has 3 unspecified atom stereocenters. The summed E-state index contributed by atoms with van der Waals surface area (Å²) in [6.45, 7) is 9.28. The van der Waals surface area contributed by atoms with Gasteiger partial charge in [-0.2, -0.15) is 0 Å². The van der Waals surface area contributed by atoms with Crippen LogP contribution >= 0.6 is 0 Å². The molecular formula is C27H33N5O. The summed E-state index contributed by atoms with van der Waals surface area (Å²) >= 11 is 0.